The molecule has 2 N–H and O–H groups in total. The Balaban J connectivity index is 2.57. The predicted molar refractivity (Wildman–Crippen MR) is 61.1 cm³/mol. The lowest BCUT2D eigenvalue weighted by molar-refractivity contribution is -0.143. The first-order chi connectivity index (χ1) is 9.50. The number of hydrogen-bond acceptors (Lipinski definition) is 1. The molecule has 1 aromatic rings. The highest BCUT2D eigenvalue weighted by Crippen LogP contribution is 2.45. The lowest BCUT2D eigenvalue weighted by Gasteiger charge is -2.18. The lowest BCUT2D eigenvalue weighted by Crippen LogP contribution is -2.24. The van der Waals surface area contributed by atoms with Crippen LogP contribution in [0.25, 0.3) is 0 Å². The quantitative estimate of drug-likeness (QED) is 0.850. The number of carbonyl (C=O) groups excluding carboxylic acids is 1. The first kappa shape index (κ1) is 15.7. The molecule has 0 radical (unpaired) electrons. The zero-order valence-electron chi connectivity index (χ0n) is 10.6. The Morgan fingerprint density at radius 1 is 1.00 bits per heavy atom. The summed E-state index contributed by atoms with van der Waals surface area (Å²) in [4.78, 5) is 11.4. The molecular formula is C13H11F6NO. The third-order valence-corrected chi connectivity index (χ3v) is 3.37. The Kier molecular flexibility index (Phi) is 3.67. The van der Waals surface area contributed by atoms with Crippen LogP contribution in [0.2, 0.25) is 0 Å². The van der Waals surface area contributed by atoms with Gasteiger partial charge in [-0.15, -0.1) is 0 Å². The fraction of sp³-hybridized carbons (Fsp3) is 0.462. The molecule has 2 nitrogen and oxygen atoms in total. The van der Waals surface area contributed by atoms with Gasteiger partial charge in [-0.05, 0) is 42.5 Å². The number of primary amides is 1. The van der Waals surface area contributed by atoms with Crippen LogP contribution >= 0.6 is 0 Å². The average Bonchev–Trinajstić information content (AvgIpc) is 3.10. The van der Waals surface area contributed by atoms with E-state index in [4.69, 9.17) is 5.73 Å². The molecule has 1 aliphatic carbocycles. The molecule has 0 saturated heterocycles. The van der Waals surface area contributed by atoms with Gasteiger partial charge >= 0.3 is 12.4 Å². The summed E-state index contributed by atoms with van der Waals surface area (Å²) in [5.41, 5.74) is 1.94. The summed E-state index contributed by atoms with van der Waals surface area (Å²) in [5, 5.41) is 0. The van der Waals surface area contributed by atoms with Crippen LogP contribution in [-0.2, 0) is 17.1 Å². The Bertz CT molecular complexity index is 527. The topological polar surface area (TPSA) is 43.1 Å². The van der Waals surface area contributed by atoms with Crippen molar-refractivity contribution in [1.82, 2.24) is 0 Å². The van der Waals surface area contributed by atoms with Crippen LogP contribution in [-0.4, -0.2) is 5.91 Å². The van der Waals surface area contributed by atoms with Gasteiger partial charge in [0.05, 0.1) is 17.0 Å². The van der Waals surface area contributed by atoms with Gasteiger partial charge in [0.1, 0.15) is 0 Å². The van der Waals surface area contributed by atoms with Gasteiger partial charge in [-0.1, -0.05) is 0 Å². The van der Waals surface area contributed by atoms with Crippen LogP contribution in [0.3, 0.4) is 0 Å². The van der Waals surface area contributed by atoms with Crippen LogP contribution < -0.4 is 5.73 Å². The molecule has 1 aromatic carbocycles. The molecule has 1 aliphatic rings. The van der Waals surface area contributed by atoms with E-state index in [1.807, 2.05) is 0 Å². The van der Waals surface area contributed by atoms with E-state index in [-0.39, 0.29) is 17.5 Å². The molecular weight excluding hydrogens is 300 g/mol. The number of benzene rings is 1. The zero-order chi connectivity index (χ0) is 16.0. The van der Waals surface area contributed by atoms with E-state index in [9.17, 15) is 31.1 Å². The van der Waals surface area contributed by atoms with Crippen molar-refractivity contribution in [1.29, 1.82) is 0 Å². The summed E-state index contributed by atoms with van der Waals surface area (Å²) < 4.78 is 76.4. The van der Waals surface area contributed by atoms with Crippen LogP contribution in [0.1, 0.15) is 35.4 Å². The maximum absolute atomic E-state index is 12.7. The van der Waals surface area contributed by atoms with Gasteiger partial charge in [-0.25, -0.2) is 0 Å². The number of halogens is 6. The Hall–Kier alpha value is -1.73. The van der Waals surface area contributed by atoms with E-state index in [1.54, 1.807) is 0 Å². The number of carbonyl (C=O) groups is 1. The van der Waals surface area contributed by atoms with E-state index in [2.05, 4.69) is 0 Å². The predicted octanol–water partition coefficient (Wildman–Crippen LogP) is 3.70. The van der Waals surface area contributed by atoms with E-state index in [0.717, 1.165) is 0 Å². The SMILES string of the molecule is NC(=O)C(c1cc(C(F)(F)F)cc(C(F)(F)F)c1)C1CC1. The van der Waals surface area contributed by atoms with Crippen LogP contribution in [0.15, 0.2) is 18.2 Å². The fourth-order valence-corrected chi connectivity index (χ4v) is 2.26. The molecule has 1 saturated carbocycles. The van der Waals surface area contributed by atoms with Gasteiger partial charge in [-0.3, -0.25) is 4.79 Å². The summed E-state index contributed by atoms with van der Waals surface area (Å²) in [7, 11) is 0. The van der Waals surface area contributed by atoms with Gasteiger partial charge in [-0.2, -0.15) is 26.3 Å². The van der Waals surface area contributed by atoms with E-state index < -0.39 is 35.3 Å². The van der Waals surface area contributed by atoms with Gasteiger partial charge in [0, 0.05) is 0 Å². The number of hydrogen-bond donors (Lipinski definition) is 1. The van der Waals surface area contributed by atoms with Crippen LogP contribution in [0, 0.1) is 5.92 Å². The van der Waals surface area contributed by atoms with Crippen molar-refractivity contribution in [2.75, 3.05) is 0 Å². The second kappa shape index (κ2) is 4.92. The molecule has 0 aliphatic heterocycles. The summed E-state index contributed by atoms with van der Waals surface area (Å²) in [6.45, 7) is 0. The molecule has 8 heteroatoms. The van der Waals surface area contributed by atoms with Gasteiger partial charge in [0.25, 0.3) is 0 Å². The molecule has 1 unspecified atom stereocenters. The van der Waals surface area contributed by atoms with Gasteiger partial charge < -0.3 is 5.73 Å². The van der Waals surface area contributed by atoms with Crippen molar-refractivity contribution < 1.29 is 31.1 Å². The minimum absolute atomic E-state index is 0.0362. The maximum atomic E-state index is 12.7. The molecule has 116 valence electrons. The molecule has 1 amide bonds. The number of nitrogens with two attached hydrogens (primary N) is 1. The summed E-state index contributed by atoms with van der Waals surface area (Å²) >= 11 is 0. The first-order valence-electron chi connectivity index (χ1n) is 6.09. The zero-order valence-corrected chi connectivity index (χ0v) is 10.6. The summed E-state index contributed by atoms with van der Waals surface area (Å²) in [6.07, 6.45) is -8.74. The average molecular weight is 311 g/mol. The Labute approximate surface area is 115 Å². The lowest BCUT2D eigenvalue weighted by atomic mass is 9.90. The van der Waals surface area contributed by atoms with Gasteiger partial charge in [0.15, 0.2) is 0 Å². The molecule has 21 heavy (non-hydrogen) atoms. The molecule has 0 bridgehead atoms. The minimum Gasteiger partial charge on any atom is -0.369 e. The van der Waals surface area contributed by atoms with E-state index in [1.165, 1.54) is 0 Å². The Morgan fingerprint density at radius 3 is 1.71 bits per heavy atom. The second-order valence-corrected chi connectivity index (χ2v) is 5.06. The highest BCUT2D eigenvalue weighted by Gasteiger charge is 2.41. The standard InChI is InChI=1S/C13H11F6NO/c14-12(15,16)8-3-7(4-9(5-8)13(17,18)19)10(11(20)21)6-1-2-6/h3-6,10H,1-2H2,(H2,20,21). The fourth-order valence-electron chi connectivity index (χ4n) is 2.26. The number of rotatable bonds is 3. The van der Waals surface area contributed by atoms with Crippen molar-refractivity contribution in [3.8, 4) is 0 Å². The molecule has 1 atom stereocenters. The van der Waals surface area contributed by atoms with E-state index in [0.29, 0.717) is 25.0 Å². The molecule has 1 fully saturated rings. The van der Waals surface area contributed by atoms with Crippen LogP contribution in [0.4, 0.5) is 26.3 Å². The second-order valence-electron chi connectivity index (χ2n) is 5.06. The molecule has 2 rings (SSSR count). The maximum Gasteiger partial charge on any atom is 0.416 e. The third kappa shape index (κ3) is 3.48. The largest absolute Gasteiger partial charge is 0.416 e. The molecule has 0 spiro atoms. The van der Waals surface area contributed by atoms with Crippen molar-refractivity contribution >= 4 is 5.91 Å². The normalized spacial score (nSPS) is 17.6. The van der Waals surface area contributed by atoms with Crippen molar-refractivity contribution in [2.24, 2.45) is 11.7 Å². The third-order valence-electron chi connectivity index (χ3n) is 3.37. The first-order valence-corrected chi connectivity index (χ1v) is 6.09. The Morgan fingerprint density at radius 2 is 1.43 bits per heavy atom. The van der Waals surface area contributed by atoms with Gasteiger partial charge in [0.2, 0.25) is 5.91 Å². The summed E-state index contributed by atoms with van der Waals surface area (Å²) in [5.74, 6) is -2.31. The number of alkyl halides is 6. The minimum atomic E-state index is -4.93. The molecule has 0 aromatic heterocycles. The van der Waals surface area contributed by atoms with Crippen molar-refractivity contribution in [2.45, 2.75) is 31.1 Å². The van der Waals surface area contributed by atoms with Crippen molar-refractivity contribution in [3.63, 3.8) is 0 Å². The molecule has 0 heterocycles. The van der Waals surface area contributed by atoms with E-state index >= 15 is 0 Å². The summed E-state index contributed by atoms with van der Waals surface area (Å²) in [6, 6.07) is 1.18. The monoisotopic (exact) mass is 311 g/mol. The van der Waals surface area contributed by atoms with Crippen molar-refractivity contribution in [3.05, 3.63) is 34.9 Å². The number of amides is 1. The highest BCUT2D eigenvalue weighted by molar-refractivity contribution is 5.82. The van der Waals surface area contributed by atoms with Crippen LogP contribution in [0.5, 0.6) is 0 Å². The highest BCUT2D eigenvalue weighted by atomic mass is 19.4. The smallest absolute Gasteiger partial charge is 0.369 e.